The molecule has 0 unspecified atom stereocenters. The molecule has 3 aromatic carbocycles. The third-order valence-electron chi connectivity index (χ3n) is 19.9. The highest BCUT2D eigenvalue weighted by Crippen LogP contribution is 2.41. The van der Waals surface area contributed by atoms with Crippen LogP contribution in [-0.4, -0.2) is 251 Å². The quantitative estimate of drug-likeness (QED) is 0.0181. The first-order valence-electron chi connectivity index (χ1n) is 42.8. The molecule has 0 radical (unpaired) electrons. The first-order valence-corrected chi connectivity index (χ1v) is 42.8. The molecule has 0 aliphatic carbocycles. The molecule has 7 heterocycles. The summed E-state index contributed by atoms with van der Waals surface area (Å²) < 4.78 is 78.7. The van der Waals surface area contributed by atoms with Crippen LogP contribution in [0, 0.1) is 19.7 Å². The lowest BCUT2D eigenvalue weighted by molar-refractivity contribution is -0.121. The minimum atomic E-state index is -1.23. The Kier molecular flexibility index (Phi) is 38.6. The van der Waals surface area contributed by atoms with Crippen LogP contribution in [0.2, 0.25) is 0 Å². The Bertz CT molecular complexity index is 5540. The van der Waals surface area contributed by atoms with Crippen LogP contribution in [0.15, 0.2) is 121 Å². The number of carbonyl (C=O) groups is 9. The molecule has 0 aliphatic rings. The largest absolute Gasteiger partial charge is 0.491 e. The molecule has 0 fully saturated rings. The number of aliphatic hydroxyl groups is 1. The third kappa shape index (κ3) is 31.2. The molecule has 0 spiro atoms. The Balaban J connectivity index is 0.485. The van der Waals surface area contributed by atoms with E-state index in [-0.39, 0.29) is 133 Å². The third-order valence-corrected chi connectivity index (χ3v) is 19.9. The van der Waals surface area contributed by atoms with E-state index in [9.17, 15) is 57.4 Å². The van der Waals surface area contributed by atoms with Gasteiger partial charge in [-0.2, -0.15) is 0 Å². The maximum absolute atomic E-state index is 14.3. The molecule has 704 valence electrons. The molecule has 7 aromatic heterocycles. The Morgan fingerprint density at radius 2 is 1.04 bits per heavy atom. The fraction of sp³-hybridized carbons (Fsp3) is 0.427. The minimum absolute atomic E-state index is 0.00148. The van der Waals surface area contributed by atoms with Crippen LogP contribution in [0.25, 0.3) is 22.0 Å². The van der Waals surface area contributed by atoms with Gasteiger partial charge in [-0.15, -0.1) is 0 Å². The van der Waals surface area contributed by atoms with Crippen molar-refractivity contribution in [3.63, 3.8) is 0 Å². The molecule has 14 N–H and O–H groups in total. The molecule has 0 saturated heterocycles. The van der Waals surface area contributed by atoms with Gasteiger partial charge in [-0.3, -0.25) is 47.9 Å². The summed E-state index contributed by atoms with van der Waals surface area (Å²) in [5, 5.41) is 35.8. The Morgan fingerprint density at radius 1 is 0.496 bits per heavy atom. The summed E-state index contributed by atoms with van der Waals surface area (Å²) in [6.45, 7) is 13.9. The fourth-order valence-corrected chi connectivity index (χ4v) is 13.3. The number of nitrogens with one attached hydrogen (secondary N) is 11. The number of nitrogens with two attached hydrogens (primary N) is 1. The number of unbranched alkanes of at least 4 members (excludes halogenated alkanes) is 2. The second kappa shape index (κ2) is 50.6. The lowest BCUT2D eigenvalue weighted by Gasteiger charge is -2.22. The maximum atomic E-state index is 14.3. The molecular formula is C89H115FN20O21. The molecule has 0 bridgehead atoms. The zero-order valence-corrected chi connectivity index (χ0v) is 74.6. The molecular weight excluding hydrogens is 1700 g/mol. The van der Waals surface area contributed by atoms with E-state index < -0.39 is 52.9 Å². The van der Waals surface area contributed by atoms with Crippen molar-refractivity contribution in [3.05, 3.63) is 184 Å². The van der Waals surface area contributed by atoms with Gasteiger partial charge >= 0.3 is 0 Å². The normalized spacial score (nSPS) is 11.4. The van der Waals surface area contributed by atoms with Crippen molar-refractivity contribution in [2.75, 3.05) is 172 Å². The number of halogens is 1. The van der Waals surface area contributed by atoms with E-state index in [0.717, 1.165) is 12.8 Å². The number of amides is 9. The number of carbonyl (C=O) groups excluding carboxylic acids is 9. The number of imidazole rings is 3. The van der Waals surface area contributed by atoms with Gasteiger partial charge in [0, 0.05) is 146 Å². The number of anilines is 5. The zero-order chi connectivity index (χ0) is 93.8. The number of pyridine rings is 1. The number of fused-ring (bicyclic) bond motifs is 1. The van der Waals surface area contributed by atoms with Gasteiger partial charge in [0.2, 0.25) is 23.5 Å². The summed E-state index contributed by atoms with van der Waals surface area (Å²) in [6.07, 6.45) is 12.6. The monoisotopic (exact) mass is 1820 g/mol. The number of nitrogens with zero attached hydrogens (tertiary/aromatic N) is 8. The van der Waals surface area contributed by atoms with Crippen LogP contribution in [0.1, 0.15) is 132 Å². The Hall–Kier alpha value is -13.3. The lowest BCUT2D eigenvalue weighted by atomic mass is 9.93. The Labute approximate surface area is 754 Å². The van der Waals surface area contributed by atoms with E-state index in [1.54, 1.807) is 138 Å². The predicted molar refractivity (Wildman–Crippen MR) is 481 cm³/mol. The highest BCUT2D eigenvalue weighted by molar-refractivity contribution is 6.09. The molecule has 131 heavy (non-hydrogen) atoms. The second-order valence-electron chi connectivity index (χ2n) is 30.7. The number of ether oxygens (including phenoxy) is 10. The van der Waals surface area contributed by atoms with E-state index >= 15 is 0 Å². The van der Waals surface area contributed by atoms with Gasteiger partial charge in [0.05, 0.1) is 123 Å². The van der Waals surface area contributed by atoms with Gasteiger partial charge in [-0.1, -0.05) is 12.5 Å². The van der Waals surface area contributed by atoms with Gasteiger partial charge in [-0.05, 0) is 131 Å². The number of hydrogen-bond acceptors (Lipinski definition) is 25. The van der Waals surface area contributed by atoms with Gasteiger partial charge in [0.15, 0.2) is 23.3 Å². The van der Waals surface area contributed by atoms with Crippen LogP contribution >= 0.6 is 0 Å². The summed E-state index contributed by atoms with van der Waals surface area (Å²) in [5.41, 5.74) is 8.90. The van der Waals surface area contributed by atoms with Crippen molar-refractivity contribution in [1.29, 1.82) is 0 Å². The van der Waals surface area contributed by atoms with Crippen molar-refractivity contribution >= 4 is 92.8 Å². The van der Waals surface area contributed by atoms with Crippen LogP contribution in [0.5, 0.6) is 17.2 Å². The van der Waals surface area contributed by atoms with Crippen molar-refractivity contribution in [1.82, 2.24) is 69.0 Å². The fourth-order valence-electron chi connectivity index (χ4n) is 13.3. The number of rotatable bonds is 57. The Morgan fingerprint density at radius 3 is 1.63 bits per heavy atom. The second-order valence-corrected chi connectivity index (χ2v) is 30.7. The molecule has 42 heteroatoms. The van der Waals surface area contributed by atoms with Crippen molar-refractivity contribution in [2.24, 2.45) is 33.9 Å². The number of H-pyrrole nitrogens is 2. The van der Waals surface area contributed by atoms with E-state index in [1.807, 2.05) is 0 Å². The average Bonchev–Trinajstić information content (AvgIpc) is 1.66. The van der Waals surface area contributed by atoms with Crippen LogP contribution in [0.3, 0.4) is 0 Å². The molecule has 0 atom stereocenters. The van der Waals surface area contributed by atoms with Gasteiger partial charge in [-0.25, -0.2) is 19.3 Å². The number of benzene rings is 3. The van der Waals surface area contributed by atoms with Gasteiger partial charge in [0.1, 0.15) is 52.3 Å². The van der Waals surface area contributed by atoms with Crippen LogP contribution in [-0.2, 0) is 92.6 Å². The molecule has 41 nitrogen and oxygen atoms in total. The van der Waals surface area contributed by atoms with E-state index in [0.29, 0.717) is 180 Å². The minimum Gasteiger partial charge on any atom is -0.491 e. The summed E-state index contributed by atoms with van der Waals surface area (Å²) in [4.78, 5) is 149. The smallest absolute Gasteiger partial charge is 0.291 e. The summed E-state index contributed by atoms with van der Waals surface area (Å²) in [6, 6.07) is 19.4. The first-order chi connectivity index (χ1) is 63.1. The van der Waals surface area contributed by atoms with Crippen molar-refractivity contribution in [2.45, 2.75) is 78.4 Å². The molecule has 10 rings (SSSR count). The standard InChI is InChI=1S/C89H115FN20O21/c1-57-46-60(90)47-58(2)78(57)131-71-17-12-59(89(3,4)121)48-65(71)67-55-109(8)88(120)77-66(67)51-68(101-77)82(114)98-61-13-15-64(16-14-61)130-45-44-129-43-42-128-41-40-127-39-38-126-37-36-125-35-34-124-33-32-123-31-30-122-29-26-92-74(111)18-22-96-85(117)79-97-52-72(104-79)102-75(112)19-24-95-84(116)70-50-63(54-110(70)27-11-9-10-21-91)100-87(119)81-105-73(56-108(81)7)103-76(113)20-23-94-83(115)69-49-62(53-107(69)6)99-86(118)80-93-25-28-106(80)5/h12-17,25,28,46-56,101,121H,9-11,18-24,26-27,29-45,91H2,1-8H3,(H,92,111)(H,94,115)(H,95,116)(H,96,117)(H,97,104)(H,98,114)(H,99,118)(H,100,119)(H,102,112)(H,103,113). The topological polar surface area (TPSA) is 512 Å². The summed E-state index contributed by atoms with van der Waals surface area (Å²) in [7, 11) is 6.49. The van der Waals surface area contributed by atoms with Crippen molar-refractivity contribution < 1.29 is 100 Å². The van der Waals surface area contributed by atoms with E-state index in [1.165, 1.54) is 56.6 Å². The molecule has 0 saturated carbocycles. The van der Waals surface area contributed by atoms with Gasteiger partial charge in [0.25, 0.3) is 41.0 Å². The molecule has 0 aliphatic heterocycles. The summed E-state index contributed by atoms with van der Waals surface area (Å²) >= 11 is 0. The van der Waals surface area contributed by atoms with E-state index in [4.69, 9.17) is 53.1 Å². The summed E-state index contributed by atoms with van der Waals surface area (Å²) in [5.74, 6) is -3.31. The highest BCUT2D eigenvalue weighted by atomic mass is 19.1. The SMILES string of the molecule is Cc1cc(F)cc(C)c1Oc1ccc(C(C)(C)O)cc1-c1cn(C)c(=O)c2[nH]c(C(=O)Nc3ccc(OCCOCCOCCOCCOCCOCCOCCOCCOCCNC(=O)CCNC(=O)c4nc(NC(=O)CCNC(=O)c5cc(NC(=O)c6nc(NC(=O)CCNC(=O)c7cc(NC(=O)c8nccn8C)cn7C)cn6C)cn5CCCCCN)c[nH]4)cc3)cc12. The number of aromatic nitrogens is 10. The van der Waals surface area contributed by atoms with Gasteiger partial charge < -0.3 is 139 Å². The lowest BCUT2D eigenvalue weighted by Crippen LogP contribution is -2.32. The van der Waals surface area contributed by atoms with Crippen molar-refractivity contribution in [3.8, 4) is 28.4 Å². The molecule has 10 aromatic rings. The zero-order valence-electron chi connectivity index (χ0n) is 74.6. The number of aromatic amines is 2. The predicted octanol–water partition coefficient (Wildman–Crippen LogP) is 6.49. The van der Waals surface area contributed by atoms with E-state index in [2.05, 4.69) is 72.8 Å². The maximum Gasteiger partial charge on any atom is 0.291 e. The molecule has 9 amide bonds. The van der Waals surface area contributed by atoms with Crippen LogP contribution < -0.4 is 68.6 Å². The number of hydrogen-bond donors (Lipinski definition) is 13. The highest BCUT2D eigenvalue weighted by Gasteiger charge is 2.27. The first kappa shape index (κ1) is 99.9. The average molecular weight is 1820 g/mol. The van der Waals surface area contributed by atoms with Crippen LogP contribution in [0.4, 0.5) is 33.1 Å². The number of aryl methyl sites for hydroxylation is 7.